The predicted octanol–water partition coefficient (Wildman–Crippen LogP) is 10.6. The standard InChI is InChI=1S/C33H18ClF3N2O2S2/c34-27-15-21(33(40)41)6-10-24(27)19-2-1-3-20(14-19)31-30(25-12-13-42-29(25)17-38)26-16-22(35)7-11-28(26)39(31)43-23-8-4-18(5-9-23)32(36)37/h1-16,32H,(H,40,41). The van der Waals surface area contributed by atoms with Gasteiger partial charge in [0.2, 0.25) is 0 Å². The quantitative estimate of drug-likeness (QED) is 0.191. The third kappa shape index (κ3) is 5.41. The Morgan fingerprint density at radius 1 is 0.953 bits per heavy atom. The maximum Gasteiger partial charge on any atom is 0.335 e. The number of halogens is 4. The van der Waals surface area contributed by atoms with Crippen LogP contribution in [0.2, 0.25) is 5.02 Å². The van der Waals surface area contributed by atoms with Crippen LogP contribution in [0, 0.1) is 17.1 Å². The van der Waals surface area contributed by atoms with Gasteiger partial charge >= 0.3 is 5.97 Å². The van der Waals surface area contributed by atoms with E-state index < -0.39 is 18.2 Å². The molecule has 0 unspecified atom stereocenters. The number of benzene rings is 4. The lowest BCUT2D eigenvalue weighted by molar-refractivity contribution is 0.0697. The van der Waals surface area contributed by atoms with Crippen molar-refractivity contribution in [2.24, 2.45) is 0 Å². The molecule has 6 rings (SSSR count). The molecule has 1 N–H and O–H groups in total. The van der Waals surface area contributed by atoms with Crippen LogP contribution >= 0.6 is 34.9 Å². The lowest BCUT2D eigenvalue weighted by Crippen LogP contribution is -1.96. The minimum absolute atomic E-state index is 0.0603. The molecular formula is C33H18ClF3N2O2S2. The van der Waals surface area contributed by atoms with E-state index in [1.165, 1.54) is 59.7 Å². The van der Waals surface area contributed by atoms with Gasteiger partial charge < -0.3 is 5.11 Å². The molecule has 212 valence electrons. The summed E-state index contributed by atoms with van der Waals surface area (Å²) in [5.41, 5.74) is 4.63. The normalized spacial score (nSPS) is 11.3. The molecule has 0 radical (unpaired) electrons. The average molecular weight is 631 g/mol. The molecule has 2 aromatic heterocycles. The summed E-state index contributed by atoms with van der Waals surface area (Å²) in [5.74, 6) is -1.54. The van der Waals surface area contributed by atoms with Crippen molar-refractivity contribution < 1.29 is 23.1 Å². The van der Waals surface area contributed by atoms with Crippen LogP contribution < -0.4 is 0 Å². The highest BCUT2D eigenvalue weighted by Crippen LogP contribution is 2.47. The monoisotopic (exact) mass is 630 g/mol. The van der Waals surface area contributed by atoms with Crippen molar-refractivity contribution >= 4 is 51.8 Å². The summed E-state index contributed by atoms with van der Waals surface area (Å²) in [6.45, 7) is 0. The lowest BCUT2D eigenvalue weighted by Gasteiger charge is -2.14. The van der Waals surface area contributed by atoms with Gasteiger partial charge in [0, 0.05) is 43.1 Å². The first-order valence-electron chi connectivity index (χ1n) is 12.8. The maximum atomic E-state index is 14.7. The molecule has 0 saturated carbocycles. The minimum atomic E-state index is -2.60. The minimum Gasteiger partial charge on any atom is -0.478 e. The highest BCUT2D eigenvalue weighted by atomic mass is 35.5. The predicted molar refractivity (Wildman–Crippen MR) is 165 cm³/mol. The molecule has 0 spiro atoms. The van der Waals surface area contributed by atoms with Gasteiger partial charge in [0.25, 0.3) is 6.43 Å². The molecule has 6 aromatic rings. The van der Waals surface area contributed by atoms with Gasteiger partial charge in [-0.05, 0) is 77.5 Å². The van der Waals surface area contributed by atoms with Crippen molar-refractivity contribution in [3.8, 4) is 39.6 Å². The molecule has 0 atom stereocenters. The maximum absolute atomic E-state index is 14.7. The molecular weight excluding hydrogens is 613 g/mol. The van der Waals surface area contributed by atoms with E-state index in [4.69, 9.17) is 11.6 Å². The average Bonchev–Trinajstić information content (AvgIpc) is 3.59. The Labute approximate surface area is 257 Å². The fourth-order valence-corrected chi connectivity index (χ4v) is 6.95. The summed E-state index contributed by atoms with van der Waals surface area (Å²) in [6.07, 6.45) is -2.60. The van der Waals surface area contributed by atoms with Crippen molar-refractivity contribution in [1.82, 2.24) is 3.97 Å². The van der Waals surface area contributed by atoms with Gasteiger partial charge in [-0.3, -0.25) is 3.97 Å². The van der Waals surface area contributed by atoms with Crippen molar-refractivity contribution in [2.75, 3.05) is 0 Å². The van der Waals surface area contributed by atoms with Crippen LogP contribution in [0.1, 0.15) is 27.2 Å². The molecule has 0 aliphatic rings. The second kappa shape index (κ2) is 11.7. The molecule has 2 heterocycles. The summed E-state index contributed by atoms with van der Waals surface area (Å²) < 4.78 is 43.1. The van der Waals surface area contributed by atoms with E-state index in [1.807, 2.05) is 34.3 Å². The zero-order valence-corrected chi connectivity index (χ0v) is 24.3. The highest BCUT2D eigenvalue weighted by molar-refractivity contribution is 7.98. The van der Waals surface area contributed by atoms with Crippen molar-refractivity contribution in [1.29, 1.82) is 5.26 Å². The van der Waals surface area contributed by atoms with E-state index in [0.717, 1.165) is 0 Å². The largest absolute Gasteiger partial charge is 0.478 e. The van der Waals surface area contributed by atoms with Gasteiger partial charge in [-0.15, -0.1) is 11.3 Å². The Bertz CT molecular complexity index is 2060. The first-order valence-corrected chi connectivity index (χ1v) is 14.8. The number of nitrogens with zero attached hydrogens (tertiary/aromatic N) is 2. The molecule has 0 amide bonds. The van der Waals surface area contributed by atoms with Gasteiger partial charge in [0.15, 0.2) is 0 Å². The molecule has 10 heteroatoms. The number of carbonyl (C=O) groups is 1. The molecule has 0 aliphatic carbocycles. The number of rotatable bonds is 7. The first kappa shape index (κ1) is 28.6. The van der Waals surface area contributed by atoms with Crippen molar-refractivity contribution in [3.05, 3.63) is 123 Å². The van der Waals surface area contributed by atoms with Crippen LogP contribution in [0.25, 0.3) is 44.4 Å². The number of hydrogen-bond acceptors (Lipinski definition) is 4. The highest BCUT2D eigenvalue weighted by Gasteiger charge is 2.25. The van der Waals surface area contributed by atoms with E-state index in [-0.39, 0.29) is 16.1 Å². The Kier molecular flexibility index (Phi) is 7.75. The smallest absolute Gasteiger partial charge is 0.335 e. The second-order valence-corrected chi connectivity index (χ2v) is 11.8. The number of carboxylic acid groups (broad SMARTS) is 1. The second-order valence-electron chi connectivity index (χ2n) is 9.50. The molecule has 0 aliphatic heterocycles. The Morgan fingerprint density at radius 2 is 1.72 bits per heavy atom. The van der Waals surface area contributed by atoms with E-state index in [1.54, 1.807) is 29.6 Å². The third-order valence-electron chi connectivity index (χ3n) is 6.91. The van der Waals surface area contributed by atoms with Crippen LogP contribution in [0.15, 0.2) is 101 Å². The zero-order valence-electron chi connectivity index (χ0n) is 21.9. The molecule has 4 aromatic carbocycles. The topological polar surface area (TPSA) is 66.0 Å². The van der Waals surface area contributed by atoms with Gasteiger partial charge in [0.1, 0.15) is 16.8 Å². The number of aromatic carboxylic acids is 1. The van der Waals surface area contributed by atoms with Crippen LogP contribution in [0.3, 0.4) is 0 Å². The number of fused-ring (bicyclic) bond motifs is 1. The number of hydrogen-bond donors (Lipinski definition) is 1. The molecule has 0 fully saturated rings. The molecule has 0 bridgehead atoms. The van der Waals surface area contributed by atoms with Gasteiger partial charge in [-0.1, -0.05) is 48.0 Å². The SMILES string of the molecule is N#Cc1sccc1-c1c(-c2cccc(-c3ccc(C(=O)O)cc3Cl)c2)n(Sc2ccc(C(F)F)cc2)c2ccc(F)cc12. The first-order chi connectivity index (χ1) is 20.7. The molecule has 43 heavy (non-hydrogen) atoms. The van der Waals surface area contributed by atoms with Gasteiger partial charge in [-0.2, -0.15) is 5.26 Å². The summed E-state index contributed by atoms with van der Waals surface area (Å²) in [4.78, 5) is 12.6. The Balaban J connectivity index is 1.62. The van der Waals surface area contributed by atoms with Crippen molar-refractivity contribution in [3.63, 3.8) is 0 Å². The van der Waals surface area contributed by atoms with Crippen LogP contribution in [0.4, 0.5) is 13.2 Å². The lowest BCUT2D eigenvalue weighted by atomic mass is 9.96. The van der Waals surface area contributed by atoms with E-state index >= 15 is 0 Å². The number of alkyl halides is 2. The molecule has 0 saturated heterocycles. The zero-order chi connectivity index (χ0) is 30.2. The van der Waals surface area contributed by atoms with E-state index in [2.05, 4.69) is 6.07 Å². The van der Waals surface area contributed by atoms with Crippen LogP contribution in [-0.4, -0.2) is 15.0 Å². The summed E-state index contributed by atoms with van der Waals surface area (Å²) in [5, 5.41) is 21.9. The van der Waals surface area contributed by atoms with Crippen LogP contribution in [0.5, 0.6) is 0 Å². The van der Waals surface area contributed by atoms with E-state index in [0.29, 0.717) is 54.2 Å². The number of carboxylic acids is 1. The fourth-order valence-electron chi connectivity index (χ4n) is 4.95. The number of aromatic nitrogens is 1. The summed E-state index contributed by atoms with van der Waals surface area (Å²) >= 11 is 9.07. The third-order valence-corrected chi connectivity index (χ3v) is 9.09. The number of nitriles is 1. The summed E-state index contributed by atoms with van der Waals surface area (Å²) in [7, 11) is 0. The van der Waals surface area contributed by atoms with Crippen molar-refractivity contribution in [2.45, 2.75) is 11.3 Å². The molecule has 4 nitrogen and oxygen atoms in total. The van der Waals surface area contributed by atoms with E-state index in [9.17, 15) is 28.3 Å². The Hall–Kier alpha value is -4.49. The van der Waals surface area contributed by atoms with Gasteiger partial charge in [-0.25, -0.2) is 18.0 Å². The fraction of sp³-hybridized carbons (Fsp3) is 0.0303. The van der Waals surface area contributed by atoms with Gasteiger partial charge in [0.05, 0.1) is 16.8 Å². The Morgan fingerprint density at radius 3 is 2.42 bits per heavy atom. The van der Waals surface area contributed by atoms with Crippen LogP contribution in [-0.2, 0) is 0 Å². The number of thiophene rings is 1. The summed E-state index contributed by atoms with van der Waals surface area (Å²) in [6, 6.07) is 26.4.